The van der Waals surface area contributed by atoms with Crippen LogP contribution in [0.2, 0.25) is 0 Å². The van der Waals surface area contributed by atoms with Crippen molar-refractivity contribution in [1.82, 2.24) is 5.32 Å². The van der Waals surface area contributed by atoms with Crippen molar-refractivity contribution in [1.29, 1.82) is 0 Å². The number of nitrogens with one attached hydrogen (secondary N) is 2. The van der Waals surface area contributed by atoms with Crippen molar-refractivity contribution < 1.29 is 19.1 Å². The summed E-state index contributed by atoms with van der Waals surface area (Å²) in [5.41, 5.74) is 4.18. The first-order valence-corrected chi connectivity index (χ1v) is 8.80. The van der Waals surface area contributed by atoms with E-state index in [9.17, 15) is 9.59 Å². The lowest BCUT2D eigenvalue weighted by atomic mass is 10.1. The van der Waals surface area contributed by atoms with Gasteiger partial charge in [0.05, 0.1) is 17.9 Å². The molecule has 6 nitrogen and oxygen atoms in total. The first-order chi connectivity index (χ1) is 12.9. The zero-order chi connectivity index (χ0) is 19.8. The number of anilines is 2. The molecule has 1 atom stereocenters. The van der Waals surface area contributed by atoms with Crippen LogP contribution < -0.4 is 10.6 Å². The van der Waals surface area contributed by atoms with Crippen molar-refractivity contribution in [3.05, 3.63) is 59.2 Å². The summed E-state index contributed by atoms with van der Waals surface area (Å²) in [4.78, 5) is 24.3. The first kappa shape index (κ1) is 20.5. The summed E-state index contributed by atoms with van der Waals surface area (Å²) in [6.07, 6.45) is 0. The average molecular weight is 370 g/mol. The van der Waals surface area contributed by atoms with E-state index in [0.29, 0.717) is 17.9 Å². The molecule has 0 spiro atoms. The van der Waals surface area contributed by atoms with Crippen LogP contribution in [-0.4, -0.2) is 38.2 Å². The monoisotopic (exact) mass is 370 g/mol. The summed E-state index contributed by atoms with van der Waals surface area (Å²) in [6.45, 7) is 5.91. The molecule has 1 amide bonds. The van der Waals surface area contributed by atoms with Crippen molar-refractivity contribution in [2.45, 2.75) is 26.8 Å². The highest BCUT2D eigenvalue weighted by molar-refractivity contribution is 5.97. The van der Waals surface area contributed by atoms with Crippen molar-refractivity contribution in [3.8, 4) is 0 Å². The van der Waals surface area contributed by atoms with Gasteiger partial charge in [0.1, 0.15) is 0 Å². The van der Waals surface area contributed by atoms with Gasteiger partial charge in [-0.25, -0.2) is 4.79 Å². The molecule has 0 saturated carbocycles. The Labute approximate surface area is 159 Å². The third-order valence-corrected chi connectivity index (χ3v) is 4.18. The summed E-state index contributed by atoms with van der Waals surface area (Å²) < 4.78 is 10.1. The van der Waals surface area contributed by atoms with Gasteiger partial charge in [0.15, 0.2) is 6.61 Å². The highest BCUT2D eigenvalue weighted by atomic mass is 16.5. The maximum absolute atomic E-state index is 12.5. The molecule has 2 aromatic rings. The van der Waals surface area contributed by atoms with Crippen LogP contribution >= 0.6 is 0 Å². The molecule has 0 aliphatic heterocycles. The van der Waals surface area contributed by atoms with E-state index in [1.807, 2.05) is 45.0 Å². The van der Waals surface area contributed by atoms with E-state index < -0.39 is 5.97 Å². The highest BCUT2D eigenvalue weighted by Gasteiger charge is 2.16. The van der Waals surface area contributed by atoms with Gasteiger partial charge in [-0.2, -0.15) is 0 Å². The molecule has 6 heteroatoms. The number of esters is 1. The fraction of sp³-hybridized carbons (Fsp3) is 0.333. The zero-order valence-corrected chi connectivity index (χ0v) is 16.2. The molecule has 2 N–H and O–H groups in total. The van der Waals surface area contributed by atoms with Crippen molar-refractivity contribution in [3.63, 3.8) is 0 Å². The molecule has 144 valence electrons. The zero-order valence-electron chi connectivity index (χ0n) is 16.2. The minimum absolute atomic E-state index is 0.153. The molecule has 0 saturated heterocycles. The number of ether oxygens (including phenoxy) is 2. The van der Waals surface area contributed by atoms with Crippen molar-refractivity contribution in [2.75, 3.05) is 25.6 Å². The summed E-state index contributed by atoms with van der Waals surface area (Å²) in [5, 5.41) is 5.98. The fourth-order valence-electron chi connectivity index (χ4n) is 2.62. The van der Waals surface area contributed by atoms with Gasteiger partial charge >= 0.3 is 5.97 Å². The van der Waals surface area contributed by atoms with Gasteiger partial charge < -0.3 is 20.1 Å². The van der Waals surface area contributed by atoms with Gasteiger partial charge in [0.2, 0.25) is 0 Å². The van der Waals surface area contributed by atoms with E-state index in [1.165, 1.54) is 0 Å². The number of methoxy groups -OCH3 is 1. The Balaban J connectivity index is 2.05. The van der Waals surface area contributed by atoms with Gasteiger partial charge in [-0.05, 0) is 50.1 Å². The van der Waals surface area contributed by atoms with E-state index in [-0.39, 0.29) is 18.6 Å². The summed E-state index contributed by atoms with van der Waals surface area (Å²) in [5.74, 6) is -0.925. The predicted molar refractivity (Wildman–Crippen MR) is 105 cm³/mol. The Morgan fingerprint density at radius 2 is 1.74 bits per heavy atom. The number of hydrogen-bond donors (Lipinski definition) is 2. The van der Waals surface area contributed by atoms with Crippen LogP contribution in [0, 0.1) is 13.8 Å². The fourth-order valence-corrected chi connectivity index (χ4v) is 2.62. The average Bonchev–Trinajstić information content (AvgIpc) is 2.64. The molecule has 0 aliphatic rings. The third-order valence-electron chi connectivity index (χ3n) is 4.18. The second-order valence-corrected chi connectivity index (χ2v) is 6.42. The van der Waals surface area contributed by atoms with Gasteiger partial charge in [0, 0.05) is 18.8 Å². The molecule has 0 aliphatic carbocycles. The molecular weight excluding hydrogens is 344 g/mol. The first-order valence-electron chi connectivity index (χ1n) is 8.80. The second kappa shape index (κ2) is 9.73. The van der Waals surface area contributed by atoms with Gasteiger partial charge in [-0.15, -0.1) is 0 Å². The quantitative estimate of drug-likeness (QED) is 0.697. The lowest BCUT2D eigenvalue weighted by Gasteiger charge is -2.15. The van der Waals surface area contributed by atoms with Crippen molar-refractivity contribution >= 4 is 23.3 Å². The molecule has 0 bridgehead atoms. The predicted octanol–water partition coefficient (Wildman–Crippen LogP) is 3.35. The molecule has 27 heavy (non-hydrogen) atoms. The number of rotatable bonds is 8. The van der Waals surface area contributed by atoms with E-state index in [1.54, 1.807) is 25.3 Å². The van der Waals surface area contributed by atoms with Crippen LogP contribution in [0.4, 0.5) is 11.4 Å². The molecule has 1 unspecified atom stereocenters. The van der Waals surface area contributed by atoms with Gasteiger partial charge in [-0.3, -0.25) is 4.79 Å². The number of aryl methyl sites for hydroxylation is 1. The third kappa shape index (κ3) is 5.82. The Bertz CT molecular complexity index is 805. The smallest absolute Gasteiger partial charge is 0.340 e. The van der Waals surface area contributed by atoms with Crippen LogP contribution in [-0.2, 0) is 14.3 Å². The second-order valence-electron chi connectivity index (χ2n) is 6.42. The maximum Gasteiger partial charge on any atom is 0.340 e. The van der Waals surface area contributed by atoms with Gasteiger partial charge in [0.25, 0.3) is 5.91 Å². The summed E-state index contributed by atoms with van der Waals surface area (Å²) in [7, 11) is 1.56. The Hall–Kier alpha value is -2.86. The molecule has 0 fully saturated rings. The number of hydrogen-bond acceptors (Lipinski definition) is 5. The topological polar surface area (TPSA) is 76.7 Å². The number of benzene rings is 2. The minimum Gasteiger partial charge on any atom is -0.452 e. The minimum atomic E-state index is -0.557. The van der Waals surface area contributed by atoms with Crippen LogP contribution in [0.25, 0.3) is 0 Å². The summed E-state index contributed by atoms with van der Waals surface area (Å²) in [6, 6.07) is 12.9. The number of carbonyl (C=O) groups excluding carboxylic acids is 2. The van der Waals surface area contributed by atoms with E-state index >= 15 is 0 Å². The molecular formula is C21H26N2O4. The standard InChI is InChI=1S/C21H26N2O4/c1-14-8-7-11-18(16(14)3)23-19-10-6-5-9-17(19)21(25)27-13-20(24)22-15(2)12-26-4/h5-11,15,23H,12-13H2,1-4H3,(H,22,24). The Morgan fingerprint density at radius 3 is 2.48 bits per heavy atom. The van der Waals surface area contributed by atoms with E-state index in [2.05, 4.69) is 10.6 Å². The lowest BCUT2D eigenvalue weighted by Crippen LogP contribution is -2.38. The van der Waals surface area contributed by atoms with Crippen LogP contribution in [0.3, 0.4) is 0 Å². The maximum atomic E-state index is 12.5. The molecule has 2 rings (SSSR count). The summed E-state index contributed by atoms with van der Waals surface area (Å²) >= 11 is 0. The molecule has 2 aromatic carbocycles. The molecule has 0 radical (unpaired) electrons. The molecule has 0 heterocycles. The highest BCUT2D eigenvalue weighted by Crippen LogP contribution is 2.25. The van der Waals surface area contributed by atoms with Crippen LogP contribution in [0.1, 0.15) is 28.4 Å². The number of amides is 1. The van der Waals surface area contributed by atoms with Crippen LogP contribution in [0.15, 0.2) is 42.5 Å². The molecule has 0 aromatic heterocycles. The van der Waals surface area contributed by atoms with E-state index in [0.717, 1.165) is 16.8 Å². The SMILES string of the molecule is COCC(C)NC(=O)COC(=O)c1ccccc1Nc1cccc(C)c1C. The van der Waals surface area contributed by atoms with E-state index in [4.69, 9.17) is 9.47 Å². The van der Waals surface area contributed by atoms with Crippen LogP contribution in [0.5, 0.6) is 0 Å². The lowest BCUT2D eigenvalue weighted by molar-refractivity contribution is -0.125. The van der Waals surface area contributed by atoms with Crippen molar-refractivity contribution in [2.24, 2.45) is 0 Å². The number of carbonyl (C=O) groups is 2. The Kier molecular flexibility index (Phi) is 7.37. The Morgan fingerprint density at radius 1 is 1.04 bits per heavy atom. The largest absolute Gasteiger partial charge is 0.452 e. The van der Waals surface area contributed by atoms with Gasteiger partial charge in [-0.1, -0.05) is 24.3 Å². The normalized spacial score (nSPS) is 11.6. The number of para-hydroxylation sites is 1.